The predicted octanol–water partition coefficient (Wildman–Crippen LogP) is 4.41. The lowest BCUT2D eigenvalue weighted by Crippen LogP contribution is -2.26. The number of aliphatic hydroxyl groups excluding tert-OH is 1. The first-order chi connectivity index (χ1) is 13.6. The van der Waals surface area contributed by atoms with Crippen molar-refractivity contribution in [3.05, 3.63) is 82.4 Å². The molecule has 0 saturated carbocycles. The Kier molecular flexibility index (Phi) is 5.43. The molecule has 5 nitrogen and oxygen atoms in total. The fourth-order valence-electron chi connectivity index (χ4n) is 3.34. The summed E-state index contributed by atoms with van der Waals surface area (Å²) >= 11 is 1.65. The minimum Gasteiger partial charge on any atom is -0.475 e. The summed E-state index contributed by atoms with van der Waals surface area (Å²) < 4.78 is 12.6. The Balaban J connectivity index is 1.53. The average Bonchev–Trinajstić information content (AvgIpc) is 3.16. The molecule has 0 aliphatic carbocycles. The summed E-state index contributed by atoms with van der Waals surface area (Å²) in [5.41, 5.74) is 2.87. The zero-order valence-corrected chi connectivity index (χ0v) is 15.9. The summed E-state index contributed by atoms with van der Waals surface area (Å²) in [6, 6.07) is 15.5. The molecule has 6 heteroatoms. The van der Waals surface area contributed by atoms with Gasteiger partial charge in [-0.2, -0.15) is 0 Å². The molecule has 4 rings (SSSR count). The van der Waals surface area contributed by atoms with Crippen LogP contribution in [0.1, 0.15) is 29.0 Å². The Labute approximate surface area is 166 Å². The zero-order chi connectivity index (χ0) is 19.5. The molecular formula is C22H20O5S. The monoisotopic (exact) mass is 396 g/mol. The highest BCUT2D eigenvalue weighted by atomic mass is 32.1. The lowest BCUT2D eigenvalue weighted by Gasteiger charge is -2.28. The molecule has 144 valence electrons. The number of hydrogen-bond donors (Lipinski definition) is 2. The van der Waals surface area contributed by atoms with Crippen LogP contribution in [0, 0.1) is 0 Å². The van der Waals surface area contributed by atoms with Crippen molar-refractivity contribution in [2.75, 3.05) is 0 Å². The number of thiophene rings is 1. The van der Waals surface area contributed by atoms with Crippen LogP contribution in [-0.2, 0) is 27.5 Å². The maximum absolute atomic E-state index is 11.6. The van der Waals surface area contributed by atoms with Gasteiger partial charge in [-0.3, -0.25) is 0 Å². The molecule has 2 heterocycles. The van der Waals surface area contributed by atoms with Crippen molar-refractivity contribution in [3.8, 4) is 0 Å². The normalized spacial score (nSPS) is 19.2. The van der Waals surface area contributed by atoms with Crippen LogP contribution >= 0.6 is 11.3 Å². The van der Waals surface area contributed by atoms with Gasteiger partial charge in [-0.15, -0.1) is 11.3 Å². The topological polar surface area (TPSA) is 76.0 Å². The van der Waals surface area contributed by atoms with E-state index >= 15 is 0 Å². The lowest BCUT2D eigenvalue weighted by atomic mass is 9.92. The van der Waals surface area contributed by atoms with Crippen molar-refractivity contribution in [1.82, 2.24) is 0 Å². The van der Waals surface area contributed by atoms with Crippen LogP contribution < -0.4 is 0 Å². The molecule has 0 unspecified atom stereocenters. The summed E-state index contributed by atoms with van der Waals surface area (Å²) in [7, 11) is 0. The van der Waals surface area contributed by atoms with Crippen molar-refractivity contribution < 1.29 is 24.5 Å². The molecule has 0 saturated heterocycles. The van der Waals surface area contributed by atoms with Crippen molar-refractivity contribution in [3.63, 3.8) is 0 Å². The van der Waals surface area contributed by atoms with Gasteiger partial charge in [-0.05, 0) is 39.6 Å². The third-order valence-electron chi connectivity index (χ3n) is 4.82. The van der Waals surface area contributed by atoms with Gasteiger partial charge in [0.2, 0.25) is 12.0 Å². The summed E-state index contributed by atoms with van der Waals surface area (Å²) in [6.07, 6.45) is 1.58. The minimum atomic E-state index is -1.09. The number of ether oxygens (including phenoxy) is 2. The lowest BCUT2D eigenvalue weighted by molar-refractivity contribution is -0.159. The number of rotatable bonds is 6. The van der Waals surface area contributed by atoms with Gasteiger partial charge in [0.25, 0.3) is 0 Å². The van der Waals surface area contributed by atoms with E-state index in [0.29, 0.717) is 13.0 Å². The van der Waals surface area contributed by atoms with E-state index < -0.39 is 12.3 Å². The number of aliphatic carboxylic acids is 1. The Morgan fingerprint density at radius 2 is 1.89 bits per heavy atom. The van der Waals surface area contributed by atoms with Crippen molar-refractivity contribution in [2.24, 2.45) is 0 Å². The number of carboxylic acids is 1. The van der Waals surface area contributed by atoms with Crippen molar-refractivity contribution in [2.45, 2.75) is 31.8 Å². The molecule has 1 aliphatic rings. The van der Waals surface area contributed by atoms with Gasteiger partial charge in [0.15, 0.2) is 0 Å². The molecule has 1 aliphatic heterocycles. The smallest absolute Gasteiger partial charge is 0.370 e. The van der Waals surface area contributed by atoms with Crippen molar-refractivity contribution in [1.29, 1.82) is 0 Å². The number of allylic oxidation sites excluding steroid dienone is 1. The number of aliphatic hydroxyl groups is 1. The Hall–Kier alpha value is -2.67. The van der Waals surface area contributed by atoms with E-state index in [4.69, 9.17) is 14.6 Å². The van der Waals surface area contributed by atoms with Crippen LogP contribution in [0.5, 0.6) is 0 Å². The van der Waals surface area contributed by atoms with Gasteiger partial charge >= 0.3 is 5.97 Å². The molecule has 2 aromatic carbocycles. The highest BCUT2D eigenvalue weighted by molar-refractivity contribution is 7.17. The highest BCUT2D eigenvalue weighted by Gasteiger charge is 2.29. The minimum absolute atomic E-state index is 0.00405. The second-order valence-electron chi connectivity index (χ2n) is 6.70. The first kappa shape index (κ1) is 18.7. The first-order valence-corrected chi connectivity index (χ1v) is 9.90. The molecule has 28 heavy (non-hydrogen) atoms. The molecule has 0 amide bonds. The van der Waals surface area contributed by atoms with Crippen LogP contribution in [0.15, 0.2) is 65.7 Å². The quantitative estimate of drug-likeness (QED) is 0.646. The van der Waals surface area contributed by atoms with E-state index in [1.807, 2.05) is 36.4 Å². The zero-order valence-electron chi connectivity index (χ0n) is 15.1. The van der Waals surface area contributed by atoms with Gasteiger partial charge in [0, 0.05) is 17.0 Å². The molecule has 2 N–H and O–H groups in total. The maximum Gasteiger partial charge on any atom is 0.370 e. The number of hydrogen-bond acceptors (Lipinski definition) is 5. The number of fused-ring (bicyclic) bond motifs is 1. The maximum atomic E-state index is 11.6. The third kappa shape index (κ3) is 3.94. The van der Waals surface area contributed by atoms with E-state index in [-0.39, 0.29) is 18.3 Å². The summed E-state index contributed by atoms with van der Waals surface area (Å²) in [4.78, 5) is 11.6. The average molecular weight is 396 g/mol. The number of carbonyl (C=O) groups is 1. The molecule has 0 fully saturated rings. The largest absolute Gasteiger partial charge is 0.475 e. The van der Waals surface area contributed by atoms with Gasteiger partial charge in [0.1, 0.15) is 0 Å². The molecular weight excluding hydrogens is 376 g/mol. The molecule has 0 radical (unpaired) electrons. The summed E-state index contributed by atoms with van der Waals surface area (Å²) in [5.74, 6) is -1.25. The van der Waals surface area contributed by atoms with Crippen LogP contribution in [-0.4, -0.2) is 22.5 Å². The van der Waals surface area contributed by atoms with Crippen molar-refractivity contribution >= 4 is 27.4 Å². The fraction of sp³-hybridized carbons (Fsp3) is 0.227. The molecule has 3 aromatic rings. The van der Waals surface area contributed by atoms with E-state index in [1.54, 1.807) is 17.4 Å². The second kappa shape index (κ2) is 8.14. The third-order valence-corrected chi connectivity index (χ3v) is 5.80. The van der Waals surface area contributed by atoms with Gasteiger partial charge in [-0.25, -0.2) is 4.79 Å². The Bertz CT molecular complexity index is 1010. The van der Waals surface area contributed by atoms with E-state index in [2.05, 4.69) is 17.5 Å². The SMILES string of the molecule is O=C(O)C1=C[C@@H](c2csc3ccccc23)C[C@@H](OCc2ccc(CO)cc2)O1. The van der Waals surface area contributed by atoms with Crippen LogP contribution in [0.25, 0.3) is 10.1 Å². The predicted molar refractivity (Wildman–Crippen MR) is 107 cm³/mol. The van der Waals surface area contributed by atoms with Crippen LogP contribution in [0.3, 0.4) is 0 Å². The Morgan fingerprint density at radius 1 is 1.14 bits per heavy atom. The molecule has 0 bridgehead atoms. The summed E-state index contributed by atoms with van der Waals surface area (Å²) in [6.45, 7) is 0.302. The van der Waals surface area contributed by atoms with E-state index in [9.17, 15) is 9.90 Å². The molecule has 2 atom stereocenters. The van der Waals surface area contributed by atoms with Crippen LogP contribution in [0.4, 0.5) is 0 Å². The standard InChI is InChI=1S/C22H20O5S/c23-11-14-5-7-15(8-6-14)12-26-21-10-16(9-19(27-21)22(24)25)18-13-28-20-4-2-1-3-17(18)20/h1-9,13,16,21,23H,10-12H2,(H,24,25)/t16-,21+/m1/s1. The second-order valence-corrected chi connectivity index (χ2v) is 7.61. The van der Waals surface area contributed by atoms with E-state index in [1.165, 1.54) is 4.70 Å². The van der Waals surface area contributed by atoms with Crippen LogP contribution in [0.2, 0.25) is 0 Å². The van der Waals surface area contributed by atoms with Gasteiger partial charge in [-0.1, -0.05) is 42.5 Å². The van der Waals surface area contributed by atoms with Gasteiger partial charge in [0.05, 0.1) is 13.2 Å². The fourth-order valence-corrected chi connectivity index (χ4v) is 4.37. The number of carboxylic acid groups (broad SMARTS) is 1. The van der Waals surface area contributed by atoms with E-state index in [0.717, 1.165) is 22.1 Å². The Morgan fingerprint density at radius 3 is 2.64 bits per heavy atom. The van der Waals surface area contributed by atoms with Gasteiger partial charge < -0.3 is 19.7 Å². The molecule has 0 spiro atoms. The summed E-state index contributed by atoms with van der Waals surface area (Å²) in [5, 5.41) is 21.8. The first-order valence-electron chi connectivity index (χ1n) is 9.02. The molecule has 1 aromatic heterocycles. The number of benzene rings is 2. The highest BCUT2D eigenvalue weighted by Crippen LogP contribution is 2.38.